The van der Waals surface area contributed by atoms with E-state index in [1.807, 2.05) is 6.20 Å². The minimum Gasteiger partial charge on any atom is -0.322 e. The Labute approximate surface area is 161 Å². The zero-order valence-electron chi connectivity index (χ0n) is 15.4. The molecule has 1 fully saturated rings. The highest BCUT2D eigenvalue weighted by Crippen LogP contribution is 2.18. The lowest BCUT2D eigenvalue weighted by molar-refractivity contribution is 0.102. The third-order valence-electron chi connectivity index (χ3n) is 4.99. The molecule has 1 aliphatic heterocycles. The van der Waals surface area contributed by atoms with E-state index in [1.54, 1.807) is 10.7 Å². The number of carbonyl (C=O) groups is 1. The molecule has 0 atom stereocenters. The summed E-state index contributed by atoms with van der Waals surface area (Å²) in [6.07, 6.45) is 5.36. The summed E-state index contributed by atoms with van der Waals surface area (Å²) < 4.78 is 15.4. The van der Waals surface area contributed by atoms with E-state index < -0.39 is 17.3 Å². The van der Waals surface area contributed by atoms with Crippen molar-refractivity contribution in [2.24, 2.45) is 0 Å². The molecular formula is C20H22FN5O2. The van der Waals surface area contributed by atoms with Crippen molar-refractivity contribution >= 4 is 22.6 Å². The Morgan fingerprint density at radius 2 is 2.00 bits per heavy atom. The predicted octanol–water partition coefficient (Wildman–Crippen LogP) is 2.60. The van der Waals surface area contributed by atoms with Gasteiger partial charge in [-0.1, -0.05) is 0 Å². The van der Waals surface area contributed by atoms with Gasteiger partial charge in [0.25, 0.3) is 5.91 Å². The highest BCUT2D eigenvalue weighted by molar-refractivity contribution is 6.11. The number of fused-ring (bicyclic) bond motifs is 1. The molecule has 8 heteroatoms. The van der Waals surface area contributed by atoms with E-state index in [0.29, 0.717) is 16.7 Å². The molecule has 2 N–H and O–H groups in total. The first-order valence-corrected chi connectivity index (χ1v) is 9.48. The molecule has 7 nitrogen and oxygen atoms in total. The fraction of sp³-hybridized carbons (Fsp3) is 0.350. The number of rotatable bonds is 6. The third-order valence-corrected chi connectivity index (χ3v) is 4.99. The second kappa shape index (κ2) is 7.93. The summed E-state index contributed by atoms with van der Waals surface area (Å²) in [6.45, 7) is 4.16. The molecule has 4 rings (SSSR count). The van der Waals surface area contributed by atoms with E-state index in [1.165, 1.54) is 50.2 Å². The third kappa shape index (κ3) is 4.12. The Morgan fingerprint density at radius 1 is 1.18 bits per heavy atom. The van der Waals surface area contributed by atoms with Crippen LogP contribution in [0.5, 0.6) is 0 Å². The fourth-order valence-corrected chi connectivity index (χ4v) is 3.61. The van der Waals surface area contributed by atoms with Gasteiger partial charge in [-0.25, -0.2) is 4.39 Å². The summed E-state index contributed by atoms with van der Waals surface area (Å²) in [5.41, 5.74) is 0.102. The quantitative estimate of drug-likeness (QED) is 0.685. The Morgan fingerprint density at radius 3 is 2.82 bits per heavy atom. The number of likely N-dealkylation sites (tertiary alicyclic amines) is 1. The number of amides is 1. The topological polar surface area (TPSA) is 83.0 Å². The van der Waals surface area contributed by atoms with Crippen molar-refractivity contribution in [2.45, 2.75) is 25.8 Å². The van der Waals surface area contributed by atoms with Crippen LogP contribution in [0.1, 0.15) is 29.6 Å². The molecule has 1 aromatic carbocycles. The van der Waals surface area contributed by atoms with Crippen molar-refractivity contribution in [1.82, 2.24) is 19.7 Å². The van der Waals surface area contributed by atoms with Crippen LogP contribution in [0.2, 0.25) is 0 Å². The second-order valence-corrected chi connectivity index (χ2v) is 7.06. The molecule has 0 bridgehead atoms. The van der Waals surface area contributed by atoms with Crippen LogP contribution in [0, 0.1) is 5.82 Å². The van der Waals surface area contributed by atoms with Crippen molar-refractivity contribution in [3.05, 3.63) is 58.3 Å². The second-order valence-electron chi connectivity index (χ2n) is 7.06. The molecule has 1 amide bonds. The molecule has 0 aliphatic carbocycles. The number of H-pyrrole nitrogens is 1. The van der Waals surface area contributed by atoms with Gasteiger partial charge in [-0.15, -0.1) is 0 Å². The Hall–Kier alpha value is -3.00. The molecule has 1 aliphatic rings. The van der Waals surface area contributed by atoms with Gasteiger partial charge in [-0.3, -0.25) is 14.3 Å². The lowest BCUT2D eigenvalue weighted by atomic mass is 10.1. The average Bonchev–Trinajstić information content (AvgIpc) is 3.34. The van der Waals surface area contributed by atoms with Gasteiger partial charge in [0.15, 0.2) is 5.82 Å². The van der Waals surface area contributed by atoms with Crippen molar-refractivity contribution in [1.29, 1.82) is 0 Å². The molecule has 2 aromatic heterocycles. The summed E-state index contributed by atoms with van der Waals surface area (Å²) in [7, 11) is 0. The lowest BCUT2D eigenvalue weighted by Crippen LogP contribution is -2.21. The number of pyridine rings is 1. The summed E-state index contributed by atoms with van der Waals surface area (Å²) in [5.74, 6) is -0.573. The van der Waals surface area contributed by atoms with Gasteiger partial charge in [0.2, 0.25) is 5.56 Å². The summed E-state index contributed by atoms with van der Waals surface area (Å²) in [5, 5.41) is 7.41. The number of anilines is 1. The molecule has 1 saturated heterocycles. The average molecular weight is 383 g/mol. The maximum Gasteiger partial charge on any atom is 0.257 e. The number of aromatic amines is 1. The van der Waals surface area contributed by atoms with E-state index in [0.717, 1.165) is 19.5 Å². The number of hydrogen-bond donors (Lipinski definition) is 2. The fourth-order valence-electron chi connectivity index (χ4n) is 3.61. The summed E-state index contributed by atoms with van der Waals surface area (Å²) >= 11 is 0. The SMILES string of the molecule is O=C(Nc1ccn(CCCN2CCCC2)n1)c1cc(=O)[nH]c2ccc(F)cc12. The number of halogens is 1. The largest absolute Gasteiger partial charge is 0.322 e. The van der Waals surface area contributed by atoms with Crippen LogP contribution in [-0.4, -0.2) is 45.2 Å². The van der Waals surface area contributed by atoms with Gasteiger partial charge >= 0.3 is 0 Å². The molecule has 0 unspecified atom stereocenters. The highest BCUT2D eigenvalue weighted by atomic mass is 19.1. The number of benzene rings is 1. The Kier molecular flexibility index (Phi) is 5.21. The van der Waals surface area contributed by atoms with E-state index in [2.05, 4.69) is 20.3 Å². The predicted molar refractivity (Wildman–Crippen MR) is 105 cm³/mol. The van der Waals surface area contributed by atoms with Gasteiger partial charge in [0.1, 0.15) is 5.82 Å². The number of aryl methyl sites for hydroxylation is 1. The lowest BCUT2D eigenvalue weighted by Gasteiger charge is -2.13. The van der Waals surface area contributed by atoms with Crippen LogP contribution >= 0.6 is 0 Å². The Bertz CT molecular complexity index is 1050. The molecule has 146 valence electrons. The number of aromatic nitrogens is 3. The van der Waals surface area contributed by atoms with Crippen molar-refractivity contribution in [2.75, 3.05) is 25.0 Å². The molecule has 0 saturated carbocycles. The van der Waals surface area contributed by atoms with Crippen LogP contribution in [0.4, 0.5) is 10.2 Å². The minimum absolute atomic E-state index is 0.113. The van der Waals surface area contributed by atoms with E-state index in [-0.39, 0.29) is 5.56 Å². The van der Waals surface area contributed by atoms with Gasteiger partial charge in [-0.05, 0) is 57.1 Å². The minimum atomic E-state index is -0.496. The first kappa shape index (κ1) is 18.4. The van der Waals surface area contributed by atoms with Crippen molar-refractivity contribution < 1.29 is 9.18 Å². The molecule has 3 heterocycles. The van der Waals surface area contributed by atoms with Crippen molar-refractivity contribution in [3.8, 4) is 0 Å². The number of hydrogen-bond acceptors (Lipinski definition) is 4. The molecule has 28 heavy (non-hydrogen) atoms. The maximum atomic E-state index is 13.6. The van der Waals surface area contributed by atoms with Crippen LogP contribution in [0.25, 0.3) is 10.9 Å². The van der Waals surface area contributed by atoms with Crippen LogP contribution in [0.3, 0.4) is 0 Å². The summed E-state index contributed by atoms with van der Waals surface area (Å²) in [6, 6.07) is 6.80. The summed E-state index contributed by atoms with van der Waals surface area (Å²) in [4.78, 5) is 29.5. The Balaban J connectivity index is 1.44. The van der Waals surface area contributed by atoms with Crippen LogP contribution < -0.4 is 10.9 Å². The van der Waals surface area contributed by atoms with E-state index in [4.69, 9.17) is 0 Å². The smallest absolute Gasteiger partial charge is 0.257 e. The standard InChI is InChI=1S/C20H22FN5O2/c21-14-4-5-17-15(12-14)16(13-19(27)22-17)20(28)23-18-6-11-26(24-18)10-3-9-25-7-1-2-8-25/h4-6,11-13H,1-3,7-10H2,(H,22,27)(H,23,24,28). The maximum absolute atomic E-state index is 13.6. The van der Waals surface area contributed by atoms with Crippen molar-refractivity contribution in [3.63, 3.8) is 0 Å². The monoisotopic (exact) mass is 383 g/mol. The molecule has 0 spiro atoms. The zero-order chi connectivity index (χ0) is 19.5. The number of carbonyl (C=O) groups excluding carboxylic acids is 1. The van der Waals surface area contributed by atoms with Gasteiger partial charge in [0.05, 0.1) is 5.56 Å². The zero-order valence-corrected chi connectivity index (χ0v) is 15.4. The van der Waals surface area contributed by atoms with Gasteiger partial charge in [-0.2, -0.15) is 5.10 Å². The molecular weight excluding hydrogens is 361 g/mol. The number of nitrogens with one attached hydrogen (secondary N) is 2. The van der Waals surface area contributed by atoms with Gasteiger partial charge < -0.3 is 15.2 Å². The highest BCUT2D eigenvalue weighted by Gasteiger charge is 2.14. The van der Waals surface area contributed by atoms with Crippen LogP contribution in [-0.2, 0) is 6.54 Å². The molecule has 3 aromatic rings. The normalized spacial score (nSPS) is 14.6. The number of nitrogens with zero attached hydrogens (tertiary/aromatic N) is 3. The first-order valence-electron chi connectivity index (χ1n) is 9.48. The van der Waals surface area contributed by atoms with E-state index >= 15 is 0 Å². The van der Waals surface area contributed by atoms with Gasteiger partial charge in [0, 0.05) is 35.8 Å². The first-order chi connectivity index (χ1) is 13.6. The van der Waals surface area contributed by atoms with Crippen LogP contribution in [0.15, 0.2) is 41.3 Å². The molecule has 0 radical (unpaired) electrons. The van der Waals surface area contributed by atoms with E-state index in [9.17, 15) is 14.0 Å².